The van der Waals surface area contributed by atoms with Crippen LogP contribution in [-0.2, 0) is 27.9 Å². The molecule has 9 heteroatoms. The number of fused-ring (bicyclic) bond motifs is 1. The molecular formula is C21H23N3O5S. The fourth-order valence-electron chi connectivity index (χ4n) is 3.89. The van der Waals surface area contributed by atoms with Crippen LogP contribution in [0.5, 0.6) is 0 Å². The van der Waals surface area contributed by atoms with E-state index < -0.39 is 15.3 Å². The molecule has 0 spiro atoms. The zero-order chi connectivity index (χ0) is 21.3. The van der Waals surface area contributed by atoms with Crippen LogP contribution in [0.4, 0.5) is 5.88 Å². The summed E-state index contributed by atoms with van der Waals surface area (Å²) in [6.07, 6.45) is 1.94. The fourth-order valence-corrected chi connectivity index (χ4v) is 5.73. The average Bonchev–Trinajstić information content (AvgIpc) is 3.33. The molecule has 0 unspecified atom stereocenters. The summed E-state index contributed by atoms with van der Waals surface area (Å²) in [5.41, 5.74) is 1.36. The third-order valence-corrected chi connectivity index (χ3v) is 7.82. The summed E-state index contributed by atoms with van der Waals surface area (Å²) in [6, 6.07) is 10.7. The molecular weight excluding hydrogens is 406 g/mol. The maximum atomic E-state index is 13.1. The summed E-state index contributed by atoms with van der Waals surface area (Å²) >= 11 is 0. The number of benzene rings is 1. The highest BCUT2D eigenvalue weighted by atomic mass is 32.2. The maximum Gasteiger partial charge on any atom is 0.253 e. The van der Waals surface area contributed by atoms with Crippen LogP contribution in [0.25, 0.3) is 0 Å². The normalized spacial score (nSPS) is 17.5. The van der Waals surface area contributed by atoms with E-state index >= 15 is 0 Å². The molecule has 0 saturated carbocycles. The Balaban J connectivity index is 1.37. The summed E-state index contributed by atoms with van der Waals surface area (Å²) in [5.74, 6) is 0.369. The van der Waals surface area contributed by atoms with Crippen LogP contribution in [-0.4, -0.2) is 47.8 Å². The van der Waals surface area contributed by atoms with Gasteiger partial charge in [-0.1, -0.05) is 24.8 Å². The third-order valence-electron chi connectivity index (χ3n) is 5.53. The summed E-state index contributed by atoms with van der Waals surface area (Å²) in [7, 11) is -3.52. The number of rotatable bonds is 5. The summed E-state index contributed by atoms with van der Waals surface area (Å²) in [4.78, 5) is 25.7. The Morgan fingerprint density at radius 1 is 1.13 bits per heavy atom. The zero-order valence-corrected chi connectivity index (χ0v) is 17.2. The monoisotopic (exact) mass is 429 g/mol. The Bertz CT molecular complexity index is 1050. The maximum absolute atomic E-state index is 13.1. The van der Waals surface area contributed by atoms with Gasteiger partial charge < -0.3 is 9.32 Å². The Morgan fingerprint density at radius 2 is 1.83 bits per heavy atom. The van der Waals surface area contributed by atoms with Gasteiger partial charge in [0.1, 0.15) is 5.76 Å². The standard InChI is InChI=1S/C21H23N3O5S/c1-2-19(25)22-20-12-16-13-24(14-18(16)29-20)30(27,28)17-8-10-23(11-9-17)21(26)15-6-4-3-5-7-15/h2-7,12,17H,1,8-11,13-14H2,(H,22,25). The molecule has 1 N–H and O–H groups in total. The lowest BCUT2D eigenvalue weighted by Crippen LogP contribution is -2.45. The van der Waals surface area contributed by atoms with Gasteiger partial charge in [0.2, 0.25) is 15.9 Å². The largest absolute Gasteiger partial charge is 0.444 e. The van der Waals surface area contributed by atoms with E-state index in [-0.39, 0.29) is 30.8 Å². The predicted molar refractivity (Wildman–Crippen MR) is 111 cm³/mol. The van der Waals surface area contributed by atoms with Crippen LogP contribution >= 0.6 is 0 Å². The lowest BCUT2D eigenvalue weighted by molar-refractivity contribution is -0.112. The second-order valence-electron chi connectivity index (χ2n) is 7.42. The lowest BCUT2D eigenvalue weighted by atomic mass is 10.1. The van der Waals surface area contributed by atoms with E-state index in [4.69, 9.17) is 4.42 Å². The van der Waals surface area contributed by atoms with Crippen molar-refractivity contribution in [2.45, 2.75) is 31.2 Å². The number of carbonyl (C=O) groups is 2. The van der Waals surface area contributed by atoms with Gasteiger partial charge in [0.15, 0.2) is 5.88 Å². The first-order valence-corrected chi connectivity index (χ1v) is 11.3. The molecule has 2 amide bonds. The van der Waals surface area contributed by atoms with E-state index in [1.165, 1.54) is 4.31 Å². The number of furan rings is 1. The van der Waals surface area contributed by atoms with Crippen LogP contribution in [0.2, 0.25) is 0 Å². The second kappa shape index (κ2) is 8.08. The van der Waals surface area contributed by atoms with Crippen LogP contribution < -0.4 is 5.32 Å². The van der Waals surface area contributed by atoms with Gasteiger partial charge in [0.05, 0.1) is 11.8 Å². The van der Waals surface area contributed by atoms with E-state index in [0.29, 0.717) is 37.3 Å². The molecule has 2 aliphatic heterocycles. The van der Waals surface area contributed by atoms with Crippen molar-refractivity contribution in [1.82, 2.24) is 9.21 Å². The van der Waals surface area contributed by atoms with Crippen molar-refractivity contribution in [3.63, 3.8) is 0 Å². The minimum atomic E-state index is -3.52. The number of nitrogens with zero attached hydrogens (tertiary/aromatic N) is 2. The Hall–Kier alpha value is -2.91. The molecule has 3 heterocycles. The van der Waals surface area contributed by atoms with Gasteiger partial charge in [-0.2, -0.15) is 4.31 Å². The van der Waals surface area contributed by atoms with Gasteiger partial charge in [-0.3, -0.25) is 14.9 Å². The number of carbonyl (C=O) groups excluding carboxylic acids is 2. The molecule has 2 aromatic rings. The van der Waals surface area contributed by atoms with Gasteiger partial charge in [-0.15, -0.1) is 0 Å². The van der Waals surface area contributed by atoms with Crippen molar-refractivity contribution in [2.75, 3.05) is 18.4 Å². The number of hydrogen-bond donors (Lipinski definition) is 1. The Morgan fingerprint density at radius 3 is 2.47 bits per heavy atom. The van der Waals surface area contributed by atoms with E-state index in [1.54, 1.807) is 23.1 Å². The van der Waals surface area contributed by atoms with Gasteiger partial charge in [0, 0.05) is 36.8 Å². The Labute approximate surface area is 175 Å². The van der Waals surface area contributed by atoms with Gasteiger partial charge in [-0.05, 0) is 31.1 Å². The molecule has 4 rings (SSSR count). The molecule has 2 aliphatic rings. The number of likely N-dealkylation sites (tertiary alicyclic amines) is 1. The summed E-state index contributed by atoms with van der Waals surface area (Å²) < 4.78 is 33.2. The van der Waals surface area contributed by atoms with Gasteiger partial charge in [-0.25, -0.2) is 8.42 Å². The van der Waals surface area contributed by atoms with Crippen molar-refractivity contribution in [2.24, 2.45) is 0 Å². The summed E-state index contributed by atoms with van der Waals surface area (Å²) in [5, 5.41) is 2.01. The van der Waals surface area contributed by atoms with Crippen LogP contribution in [0, 0.1) is 0 Å². The van der Waals surface area contributed by atoms with E-state index in [0.717, 1.165) is 11.6 Å². The molecule has 0 bridgehead atoms. The molecule has 0 atom stereocenters. The summed E-state index contributed by atoms with van der Waals surface area (Å²) in [6.45, 7) is 4.56. The van der Waals surface area contributed by atoms with Crippen molar-refractivity contribution < 1.29 is 22.4 Å². The minimum Gasteiger partial charge on any atom is -0.444 e. The first-order chi connectivity index (χ1) is 14.4. The molecule has 0 radical (unpaired) electrons. The molecule has 158 valence electrons. The minimum absolute atomic E-state index is 0.0686. The van der Waals surface area contributed by atoms with Crippen molar-refractivity contribution in [3.8, 4) is 0 Å². The smallest absolute Gasteiger partial charge is 0.253 e. The number of sulfonamides is 1. The number of anilines is 1. The predicted octanol–water partition coefficient (Wildman–Crippen LogP) is 2.35. The van der Waals surface area contributed by atoms with Crippen LogP contribution in [0.1, 0.15) is 34.5 Å². The van der Waals surface area contributed by atoms with Crippen molar-refractivity contribution in [3.05, 3.63) is 65.9 Å². The average molecular weight is 429 g/mol. The molecule has 1 aromatic carbocycles. The zero-order valence-electron chi connectivity index (χ0n) is 16.4. The first kappa shape index (κ1) is 20.4. The molecule has 8 nitrogen and oxygen atoms in total. The van der Waals surface area contributed by atoms with E-state index in [9.17, 15) is 18.0 Å². The Kier molecular flexibility index (Phi) is 5.48. The quantitative estimate of drug-likeness (QED) is 0.736. The van der Waals surface area contributed by atoms with E-state index in [1.807, 2.05) is 18.2 Å². The molecule has 30 heavy (non-hydrogen) atoms. The SMILES string of the molecule is C=CC(=O)Nc1cc2c(o1)CN(S(=O)(=O)C1CCN(C(=O)c3ccccc3)CC1)C2. The number of nitrogens with one attached hydrogen (secondary N) is 1. The number of amides is 2. The molecule has 1 aromatic heterocycles. The van der Waals surface area contributed by atoms with Crippen molar-refractivity contribution >= 4 is 27.7 Å². The molecule has 0 aliphatic carbocycles. The second-order valence-corrected chi connectivity index (χ2v) is 9.64. The number of hydrogen-bond acceptors (Lipinski definition) is 5. The third kappa shape index (κ3) is 3.90. The van der Waals surface area contributed by atoms with Gasteiger partial charge in [0.25, 0.3) is 5.91 Å². The molecule has 1 fully saturated rings. The first-order valence-electron chi connectivity index (χ1n) is 9.77. The van der Waals surface area contributed by atoms with Gasteiger partial charge >= 0.3 is 0 Å². The molecule has 1 saturated heterocycles. The highest BCUT2D eigenvalue weighted by Gasteiger charge is 2.39. The van der Waals surface area contributed by atoms with E-state index in [2.05, 4.69) is 11.9 Å². The van der Waals surface area contributed by atoms with Crippen molar-refractivity contribution in [1.29, 1.82) is 0 Å². The fraction of sp³-hybridized carbons (Fsp3) is 0.333. The highest BCUT2D eigenvalue weighted by Crippen LogP contribution is 2.33. The highest BCUT2D eigenvalue weighted by molar-refractivity contribution is 7.89. The lowest BCUT2D eigenvalue weighted by Gasteiger charge is -2.33. The van der Waals surface area contributed by atoms with Crippen LogP contribution in [0.3, 0.4) is 0 Å². The van der Waals surface area contributed by atoms with Crippen LogP contribution in [0.15, 0.2) is 53.5 Å². The topological polar surface area (TPSA) is 99.9 Å². The number of piperidine rings is 1.